The number of aromatic nitrogens is 3. The van der Waals surface area contributed by atoms with Crippen molar-refractivity contribution in [3.05, 3.63) is 47.6 Å². The molecule has 2 aromatic heterocycles. The second-order valence-corrected chi connectivity index (χ2v) is 6.96. The van der Waals surface area contributed by atoms with E-state index < -0.39 is 0 Å². The zero-order chi connectivity index (χ0) is 18.6. The Kier molecular flexibility index (Phi) is 5.03. The average Bonchev–Trinajstić information content (AvgIpc) is 3.33. The molecule has 1 aliphatic heterocycles. The third kappa shape index (κ3) is 4.09. The summed E-state index contributed by atoms with van der Waals surface area (Å²) in [6.45, 7) is 3.27. The molecule has 0 unspecified atom stereocenters. The number of hydrogen-bond acceptors (Lipinski definition) is 7. The zero-order valence-electron chi connectivity index (χ0n) is 14.9. The number of amides is 1. The average molecular weight is 384 g/mol. The minimum Gasteiger partial charge on any atom is -0.378 e. The number of carbonyl (C=O) groups excluding carboxylic acids is 1. The fraction of sp³-hybridized carbons (Fsp3) is 0.278. The molecule has 27 heavy (non-hydrogen) atoms. The number of thiazole rings is 1. The molecule has 1 fully saturated rings. The summed E-state index contributed by atoms with van der Waals surface area (Å²) in [5.41, 5.74) is 2.25. The molecule has 0 aliphatic carbocycles. The van der Waals surface area contributed by atoms with E-state index in [1.807, 2.05) is 37.4 Å². The highest BCUT2D eigenvalue weighted by Crippen LogP contribution is 2.22. The number of benzene rings is 1. The molecule has 0 spiro atoms. The minimum absolute atomic E-state index is 0.233. The minimum atomic E-state index is -0.233. The Morgan fingerprint density at radius 2 is 1.96 bits per heavy atom. The lowest BCUT2D eigenvalue weighted by Gasteiger charge is -2.28. The molecule has 1 saturated heterocycles. The van der Waals surface area contributed by atoms with Crippen LogP contribution in [0.25, 0.3) is 0 Å². The normalized spacial score (nSPS) is 14.2. The van der Waals surface area contributed by atoms with Gasteiger partial charge in [-0.1, -0.05) is 0 Å². The fourth-order valence-corrected chi connectivity index (χ4v) is 3.51. The number of ether oxygens (including phenoxy) is 1. The van der Waals surface area contributed by atoms with Crippen molar-refractivity contribution in [3.8, 4) is 0 Å². The Hall–Kier alpha value is -2.91. The van der Waals surface area contributed by atoms with Crippen LogP contribution in [0.1, 0.15) is 10.5 Å². The second-order valence-electron chi connectivity index (χ2n) is 6.10. The van der Waals surface area contributed by atoms with Crippen LogP contribution in [0, 0.1) is 0 Å². The Morgan fingerprint density at radius 3 is 2.67 bits per heavy atom. The monoisotopic (exact) mass is 384 g/mol. The van der Waals surface area contributed by atoms with Crippen molar-refractivity contribution in [2.24, 2.45) is 7.05 Å². The topological polar surface area (TPSA) is 84.3 Å². The Bertz CT molecular complexity index is 914. The molecule has 0 atom stereocenters. The van der Waals surface area contributed by atoms with E-state index in [4.69, 9.17) is 4.74 Å². The molecule has 0 saturated carbocycles. The Labute approximate surface area is 160 Å². The molecule has 0 radical (unpaired) electrons. The molecule has 0 bridgehead atoms. The first-order chi connectivity index (χ1) is 13.2. The van der Waals surface area contributed by atoms with Gasteiger partial charge in [0.05, 0.1) is 19.4 Å². The van der Waals surface area contributed by atoms with Gasteiger partial charge in [-0.3, -0.25) is 9.48 Å². The van der Waals surface area contributed by atoms with E-state index in [9.17, 15) is 4.79 Å². The van der Waals surface area contributed by atoms with Gasteiger partial charge in [0.25, 0.3) is 5.91 Å². The highest BCUT2D eigenvalue weighted by molar-refractivity contribution is 7.14. The van der Waals surface area contributed by atoms with Crippen molar-refractivity contribution < 1.29 is 9.53 Å². The molecule has 8 nitrogen and oxygen atoms in total. The van der Waals surface area contributed by atoms with Gasteiger partial charge in [-0.2, -0.15) is 5.10 Å². The van der Waals surface area contributed by atoms with Gasteiger partial charge in [-0.15, -0.1) is 11.3 Å². The van der Waals surface area contributed by atoms with Crippen LogP contribution in [0.2, 0.25) is 0 Å². The number of nitrogens with zero attached hydrogens (tertiary/aromatic N) is 4. The summed E-state index contributed by atoms with van der Waals surface area (Å²) in [6.07, 6.45) is 1.70. The summed E-state index contributed by atoms with van der Waals surface area (Å²) in [6, 6.07) is 9.68. The maximum Gasteiger partial charge on any atom is 0.275 e. The number of hydrogen-bond donors (Lipinski definition) is 2. The summed E-state index contributed by atoms with van der Waals surface area (Å²) < 4.78 is 7.08. The molecule has 3 aromatic rings. The summed E-state index contributed by atoms with van der Waals surface area (Å²) in [5, 5.41) is 12.5. The van der Waals surface area contributed by atoms with E-state index in [-0.39, 0.29) is 5.91 Å². The Balaban J connectivity index is 1.38. The molecule has 4 rings (SSSR count). The largest absolute Gasteiger partial charge is 0.378 e. The maximum absolute atomic E-state index is 12.4. The van der Waals surface area contributed by atoms with Crippen molar-refractivity contribution in [1.82, 2.24) is 14.8 Å². The van der Waals surface area contributed by atoms with Crippen LogP contribution in [-0.2, 0) is 11.8 Å². The summed E-state index contributed by atoms with van der Waals surface area (Å²) in [7, 11) is 1.84. The second kappa shape index (κ2) is 7.77. The number of nitrogens with one attached hydrogen (secondary N) is 2. The molecule has 1 aromatic carbocycles. The van der Waals surface area contributed by atoms with Gasteiger partial charge in [-0.25, -0.2) is 4.98 Å². The lowest BCUT2D eigenvalue weighted by atomic mass is 10.2. The van der Waals surface area contributed by atoms with Crippen LogP contribution in [0.4, 0.5) is 22.3 Å². The van der Waals surface area contributed by atoms with Gasteiger partial charge in [0.15, 0.2) is 5.13 Å². The lowest BCUT2D eigenvalue weighted by Crippen LogP contribution is -2.36. The SMILES string of the molecule is Cn1nccc1Nc1nc(C(=O)Nc2ccc(N3CCOCC3)cc2)cs1. The predicted molar refractivity (Wildman–Crippen MR) is 106 cm³/mol. The number of morpholine rings is 1. The van der Waals surface area contributed by atoms with E-state index in [1.165, 1.54) is 11.3 Å². The smallest absolute Gasteiger partial charge is 0.275 e. The summed E-state index contributed by atoms with van der Waals surface area (Å²) >= 11 is 1.37. The molecular weight excluding hydrogens is 364 g/mol. The Morgan fingerprint density at radius 1 is 1.19 bits per heavy atom. The standard InChI is InChI=1S/C18H20N6O2S/c1-23-16(6-7-19-23)22-18-21-15(12-27-18)17(25)20-13-2-4-14(5-3-13)24-8-10-26-11-9-24/h2-7,12H,8-11H2,1H3,(H,20,25)(H,21,22). The number of anilines is 4. The third-order valence-corrected chi connectivity index (χ3v) is 5.05. The van der Waals surface area contributed by atoms with Gasteiger partial charge in [-0.05, 0) is 24.3 Å². The summed E-state index contributed by atoms with van der Waals surface area (Å²) in [5.74, 6) is 0.582. The summed E-state index contributed by atoms with van der Waals surface area (Å²) in [4.78, 5) is 19.1. The van der Waals surface area contributed by atoms with E-state index in [1.54, 1.807) is 16.3 Å². The van der Waals surface area contributed by atoms with Crippen molar-refractivity contribution in [2.45, 2.75) is 0 Å². The van der Waals surface area contributed by atoms with Crippen molar-refractivity contribution in [2.75, 3.05) is 41.8 Å². The van der Waals surface area contributed by atoms with Crippen LogP contribution in [-0.4, -0.2) is 47.0 Å². The van der Waals surface area contributed by atoms with Gasteiger partial charge in [0, 0.05) is 43.0 Å². The molecule has 2 N–H and O–H groups in total. The molecule has 9 heteroatoms. The highest BCUT2D eigenvalue weighted by Gasteiger charge is 2.14. The van der Waals surface area contributed by atoms with Gasteiger partial charge >= 0.3 is 0 Å². The van der Waals surface area contributed by atoms with Crippen molar-refractivity contribution in [1.29, 1.82) is 0 Å². The van der Waals surface area contributed by atoms with Crippen LogP contribution < -0.4 is 15.5 Å². The van der Waals surface area contributed by atoms with Gasteiger partial charge in [0.1, 0.15) is 11.5 Å². The van der Waals surface area contributed by atoms with E-state index in [0.717, 1.165) is 43.5 Å². The number of rotatable bonds is 5. The lowest BCUT2D eigenvalue weighted by molar-refractivity contribution is 0.102. The van der Waals surface area contributed by atoms with E-state index >= 15 is 0 Å². The van der Waals surface area contributed by atoms with Crippen molar-refractivity contribution in [3.63, 3.8) is 0 Å². The zero-order valence-corrected chi connectivity index (χ0v) is 15.7. The third-order valence-electron chi connectivity index (χ3n) is 4.29. The first-order valence-corrected chi connectivity index (χ1v) is 9.52. The van der Waals surface area contributed by atoms with Gasteiger partial charge < -0.3 is 20.3 Å². The van der Waals surface area contributed by atoms with E-state index in [2.05, 4.69) is 25.6 Å². The fourth-order valence-electron chi connectivity index (χ4n) is 2.81. The highest BCUT2D eigenvalue weighted by atomic mass is 32.1. The van der Waals surface area contributed by atoms with Crippen LogP contribution in [0.15, 0.2) is 41.9 Å². The first kappa shape index (κ1) is 17.5. The molecule has 1 aliphatic rings. The quantitative estimate of drug-likeness (QED) is 0.704. The molecule has 3 heterocycles. The maximum atomic E-state index is 12.4. The van der Waals surface area contributed by atoms with Gasteiger partial charge in [0.2, 0.25) is 0 Å². The van der Waals surface area contributed by atoms with Crippen LogP contribution >= 0.6 is 11.3 Å². The molecular formula is C18H20N6O2S. The number of aryl methyl sites for hydroxylation is 1. The number of carbonyl (C=O) groups is 1. The van der Waals surface area contributed by atoms with Crippen molar-refractivity contribution >= 4 is 39.6 Å². The predicted octanol–water partition coefficient (Wildman–Crippen LogP) is 2.71. The van der Waals surface area contributed by atoms with Crippen LogP contribution in [0.5, 0.6) is 0 Å². The first-order valence-electron chi connectivity index (χ1n) is 8.64. The molecule has 140 valence electrons. The van der Waals surface area contributed by atoms with Crippen LogP contribution in [0.3, 0.4) is 0 Å². The molecule has 1 amide bonds. The van der Waals surface area contributed by atoms with E-state index in [0.29, 0.717) is 10.8 Å².